The highest BCUT2D eigenvalue weighted by Gasteiger charge is 2.28. The highest BCUT2D eigenvalue weighted by Crippen LogP contribution is 2.28. The summed E-state index contributed by atoms with van der Waals surface area (Å²) in [7, 11) is 1.87. The van der Waals surface area contributed by atoms with Crippen molar-refractivity contribution in [3.05, 3.63) is 59.4 Å². The van der Waals surface area contributed by atoms with Gasteiger partial charge in [-0.1, -0.05) is 35.5 Å². The van der Waals surface area contributed by atoms with Crippen molar-refractivity contribution in [2.75, 3.05) is 32.7 Å². The topological polar surface area (TPSA) is 61.1 Å². The standard InChI is InChI=1S/C24H32N4O2/c1-26-15-11-21-22(25-30)12-18-28(24(29)23(21)26)14-6-5-13-27-16-9-20(10-17-27)19-7-3-2-4-8-19/h2-4,7-8,11,15,20,30H,5-6,9-10,12-14,16-18H2,1H3. The molecule has 0 atom stereocenters. The minimum atomic E-state index is 0.0415. The van der Waals surface area contributed by atoms with E-state index in [1.165, 1.54) is 18.4 Å². The van der Waals surface area contributed by atoms with Crippen LogP contribution in [0.15, 0.2) is 47.8 Å². The molecular weight excluding hydrogens is 376 g/mol. The maximum atomic E-state index is 13.0. The summed E-state index contributed by atoms with van der Waals surface area (Å²) in [4.78, 5) is 17.5. The predicted octanol–water partition coefficient (Wildman–Crippen LogP) is 3.71. The number of nitrogens with zero attached hydrogens (tertiary/aromatic N) is 4. The number of hydrogen-bond donors (Lipinski definition) is 1. The molecule has 1 fully saturated rings. The Balaban J connectivity index is 1.23. The fraction of sp³-hybridized carbons (Fsp3) is 0.500. The van der Waals surface area contributed by atoms with E-state index in [4.69, 9.17) is 0 Å². The fourth-order valence-electron chi connectivity index (χ4n) is 4.83. The number of amides is 1. The first-order chi connectivity index (χ1) is 14.7. The van der Waals surface area contributed by atoms with Crippen LogP contribution in [0.2, 0.25) is 0 Å². The lowest BCUT2D eigenvalue weighted by atomic mass is 9.89. The summed E-state index contributed by atoms with van der Waals surface area (Å²) in [5.74, 6) is 0.735. The molecule has 0 unspecified atom stereocenters. The summed E-state index contributed by atoms with van der Waals surface area (Å²) in [5.41, 5.74) is 3.46. The molecule has 6 heteroatoms. The average Bonchev–Trinajstić information content (AvgIpc) is 3.10. The van der Waals surface area contributed by atoms with Crippen molar-refractivity contribution in [1.29, 1.82) is 0 Å². The second kappa shape index (κ2) is 9.47. The molecule has 0 aliphatic carbocycles. The zero-order valence-electron chi connectivity index (χ0n) is 17.8. The third-order valence-corrected chi connectivity index (χ3v) is 6.62. The number of hydrogen-bond acceptors (Lipinski definition) is 4. The third-order valence-electron chi connectivity index (χ3n) is 6.62. The van der Waals surface area contributed by atoms with Gasteiger partial charge < -0.3 is 19.6 Å². The van der Waals surface area contributed by atoms with Crippen LogP contribution < -0.4 is 0 Å². The van der Waals surface area contributed by atoms with Gasteiger partial charge in [-0.25, -0.2) is 0 Å². The Labute approximate surface area is 178 Å². The van der Waals surface area contributed by atoms with Crippen molar-refractivity contribution < 1.29 is 10.0 Å². The lowest BCUT2D eigenvalue weighted by molar-refractivity contribution is 0.0748. The van der Waals surface area contributed by atoms with E-state index in [1.54, 1.807) is 0 Å². The predicted molar refractivity (Wildman–Crippen MR) is 118 cm³/mol. The lowest BCUT2D eigenvalue weighted by Crippen LogP contribution is -2.35. The number of carbonyl (C=O) groups excluding carboxylic acids is 1. The van der Waals surface area contributed by atoms with Crippen LogP contribution in [0.4, 0.5) is 0 Å². The highest BCUT2D eigenvalue weighted by atomic mass is 16.4. The molecule has 1 amide bonds. The van der Waals surface area contributed by atoms with Gasteiger partial charge in [0, 0.05) is 38.3 Å². The van der Waals surface area contributed by atoms with Crippen molar-refractivity contribution in [3.8, 4) is 0 Å². The number of piperidine rings is 1. The van der Waals surface area contributed by atoms with Gasteiger partial charge in [0.25, 0.3) is 5.91 Å². The van der Waals surface area contributed by atoms with Gasteiger partial charge in [-0.15, -0.1) is 0 Å². The normalized spacial score (nSPS) is 19.8. The summed E-state index contributed by atoms with van der Waals surface area (Å²) in [5, 5.41) is 12.8. The average molecular weight is 409 g/mol. The first kappa shape index (κ1) is 20.7. The minimum Gasteiger partial charge on any atom is -0.411 e. The van der Waals surface area contributed by atoms with E-state index in [-0.39, 0.29) is 5.91 Å². The lowest BCUT2D eigenvalue weighted by Gasteiger charge is -2.32. The first-order valence-corrected chi connectivity index (χ1v) is 11.1. The zero-order chi connectivity index (χ0) is 20.9. The quantitative estimate of drug-likeness (QED) is 0.450. The van der Waals surface area contributed by atoms with E-state index in [0.29, 0.717) is 30.3 Å². The molecule has 1 saturated heterocycles. The summed E-state index contributed by atoms with van der Waals surface area (Å²) >= 11 is 0. The molecule has 2 aliphatic rings. The van der Waals surface area contributed by atoms with E-state index >= 15 is 0 Å². The van der Waals surface area contributed by atoms with Crippen LogP contribution in [0.25, 0.3) is 0 Å². The maximum Gasteiger partial charge on any atom is 0.271 e. The number of benzene rings is 1. The SMILES string of the molecule is Cn1ccc2c1C(=O)N(CCCCN1CCC(c3ccccc3)CC1)CCC2=NO. The van der Waals surface area contributed by atoms with Gasteiger partial charge in [0.15, 0.2) is 0 Å². The summed E-state index contributed by atoms with van der Waals surface area (Å²) < 4.78 is 1.83. The van der Waals surface area contributed by atoms with Crippen molar-refractivity contribution in [2.24, 2.45) is 12.2 Å². The largest absolute Gasteiger partial charge is 0.411 e. The number of oxime groups is 1. The molecule has 0 saturated carbocycles. The van der Waals surface area contributed by atoms with Crippen LogP contribution in [0.5, 0.6) is 0 Å². The van der Waals surface area contributed by atoms with Crippen LogP contribution >= 0.6 is 0 Å². The van der Waals surface area contributed by atoms with Gasteiger partial charge in [-0.05, 0) is 62.9 Å². The molecule has 3 heterocycles. The Morgan fingerprint density at radius 3 is 2.50 bits per heavy atom. The smallest absolute Gasteiger partial charge is 0.271 e. The van der Waals surface area contributed by atoms with E-state index < -0.39 is 0 Å². The molecule has 2 aliphatic heterocycles. The molecule has 1 aromatic heterocycles. The van der Waals surface area contributed by atoms with E-state index in [9.17, 15) is 10.0 Å². The summed E-state index contributed by atoms with van der Waals surface area (Å²) in [6.07, 6.45) is 7.00. The Kier molecular flexibility index (Phi) is 6.53. The van der Waals surface area contributed by atoms with E-state index in [2.05, 4.69) is 40.4 Å². The number of fused-ring (bicyclic) bond motifs is 1. The zero-order valence-corrected chi connectivity index (χ0v) is 17.8. The molecule has 0 bridgehead atoms. The Bertz CT molecular complexity index is 882. The summed E-state index contributed by atoms with van der Waals surface area (Å²) in [6, 6.07) is 12.7. The Morgan fingerprint density at radius 1 is 1.03 bits per heavy atom. The van der Waals surface area contributed by atoms with Crippen LogP contribution in [0.1, 0.15) is 59.6 Å². The van der Waals surface area contributed by atoms with Crippen molar-refractivity contribution in [1.82, 2.24) is 14.4 Å². The maximum absolute atomic E-state index is 13.0. The van der Waals surface area contributed by atoms with Crippen LogP contribution in [-0.4, -0.2) is 63.9 Å². The number of aromatic nitrogens is 1. The molecule has 0 spiro atoms. The van der Waals surface area contributed by atoms with Crippen LogP contribution in [-0.2, 0) is 7.05 Å². The second-order valence-corrected chi connectivity index (χ2v) is 8.51. The number of rotatable bonds is 6. The molecule has 6 nitrogen and oxygen atoms in total. The fourth-order valence-corrected chi connectivity index (χ4v) is 4.83. The van der Waals surface area contributed by atoms with E-state index in [1.807, 2.05) is 28.8 Å². The number of likely N-dealkylation sites (tertiary alicyclic amines) is 1. The third kappa shape index (κ3) is 4.43. The van der Waals surface area contributed by atoms with Gasteiger partial charge in [0.05, 0.1) is 5.71 Å². The van der Waals surface area contributed by atoms with Gasteiger partial charge >= 0.3 is 0 Å². The van der Waals surface area contributed by atoms with Crippen molar-refractivity contribution in [3.63, 3.8) is 0 Å². The van der Waals surface area contributed by atoms with Crippen LogP contribution in [0.3, 0.4) is 0 Å². The van der Waals surface area contributed by atoms with Crippen LogP contribution in [0, 0.1) is 0 Å². The number of carbonyl (C=O) groups is 1. The number of aryl methyl sites for hydroxylation is 1. The Morgan fingerprint density at radius 2 is 1.77 bits per heavy atom. The van der Waals surface area contributed by atoms with Gasteiger partial charge in [0.1, 0.15) is 5.69 Å². The minimum absolute atomic E-state index is 0.0415. The highest BCUT2D eigenvalue weighted by molar-refractivity contribution is 6.11. The molecule has 1 aromatic carbocycles. The molecular formula is C24H32N4O2. The summed E-state index contributed by atoms with van der Waals surface area (Å²) in [6.45, 7) is 4.77. The molecule has 30 heavy (non-hydrogen) atoms. The number of unbranched alkanes of at least 4 members (excludes halogenated alkanes) is 1. The Hall–Kier alpha value is -2.60. The molecule has 4 rings (SSSR count). The monoisotopic (exact) mass is 408 g/mol. The van der Waals surface area contributed by atoms with E-state index in [0.717, 1.165) is 44.6 Å². The first-order valence-electron chi connectivity index (χ1n) is 11.1. The molecule has 0 radical (unpaired) electrons. The molecule has 2 aromatic rings. The van der Waals surface area contributed by atoms with Gasteiger partial charge in [0.2, 0.25) is 0 Å². The second-order valence-electron chi connectivity index (χ2n) is 8.51. The van der Waals surface area contributed by atoms with Gasteiger partial charge in [-0.2, -0.15) is 0 Å². The molecule has 1 N–H and O–H groups in total. The van der Waals surface area contributed by atoms with Crippen molar-refractivity contribution in [2.45, 2.75) is 38.0 Å². The van der Waals surface area contributed by atoms with Gasteiger partial charge in [-0.3, -0.25) is 4.79 Å². The van der Waals surface area contributed by atoms with Crippen molar-refractivity contribution >= 4 is 11.6 Å². The molecule has 160 valence electrons.